The first-order valence-electron chi connectivity index (χ1n) is 6.67. The van der Waals surface area contributed by atoms with Crippen LogP contribution in [0.1, 0.15) is 17.5 Å². The third-order valence-corrected chi connectivity index (χ3v) is 7.72. The van der Waals surface area contributed by atoms with Gasteiger partial charge in [-0.05, 0) is 52.9 Å². The monoisotopic (exact) mass is 387 g/mol. The zero-order chi connectivity index (χ0) is 15.5. The highest BCUT2D eigenvalue weighted by atomic mass is 79.9. The molecule has 114 valence electrons. The molecule has 0 radical (unpaired) electrons. The fourth-order valence-corrected chi connectivity index (χ4v) is 5.63. The Kier molecular flexibility index (Phi) is 5.60. The van der Waals surface area contributed by atoms with Gasteiger partial charge in [-0.2, -0.15) is 0 Å². The van der Waals surface area contributed by atoms with Gasteiger partial charge in [0.05, 0.1) is 3.79 Å². The quantitative estimate of drug-likeness (QED) is 0.748. The van der Waals surface area contributed by atoms with Crippen LogP contribution in [0.15, 0.2) is 44.4 Å². The van der Waals surface area contributed by atoms with Gasteiger partial charge in [0, 0.05) is 13.6 Å². The van der Waals surface area contributed by atoms with E-state index in [-0.39, 0.29) is 0 Å². The molecule has 0 bridgehead atoms. The molecule has 1 heterocycles. The van der Waals surface area contributed by atoms with Crippen molar-refractivity contribution in [1.82, 2.24) is 4.31 Å². The normalized spacial score (nSPS) is 12.0. The second-order valence-electron chi connectivity index (χ2n) is 4.94. The number of hydrogen-bond acceptors (Lipinski definition) is 3. The Balaban J connectivity index is 1.97. The summed E-state index contributed by atoms with van der Waals surface area (Å²) in [5.41, 5.74) is 2.19. The van der Waals surface area contributed by atoms with E-state index in [0.29, 0.717) is 10.8 Å². The number of benzene rings is 1. The van der Waals surface area contributed by atoms with Crippen LogP contribution < -0.4 is 0 Å². The van der Waals surface area contributed by atoms with Crippen molar-refractivity contribution in [2.75, 3.05) is 13.6 Å². The first kappa shape index (κ1) is 16.7. The summed E-state index contributed by atoms with van der Waals surface area (Å²) < 4.78 is 27.6. The zero-order valence-corrected chi connectivity index (χ0v) is 15.3. The van der Waals surface area contributed by atoms with Gasteiger partial charge in [-0.15, -0.1) is 11.3 Å². The smallest absolute Gasteiger partial charge is 0.206 e. The van der Waals surface area contributed by atoms with Gasteiger partial charge in [-0.25, -0.2) is 12.7 Å². The molecule has 0 N–H and O–H groups in total. The average Bonchev–Trinajstić information content (AvgIpc) is 2.80. The van der Waals surface area contributed by atoms with E-state index in [2.05, 4.69) is 28.1 Å². The summed E-state index contributed by atoms with van der Waals surface area (Å²) in [5.74, 6) is 0. The standard InChI is InChI=1S/C15H18BrNO2S2/c1-12-11-14(20-15(12)16)21(18,19)17(2)10-6-9-13-7-4-3-5-8-13/h3-5,7-8,11H,6,9-10H2,1-2H3. The van der Waals surface area contributed by atoms with Crippen LogP contribution in [0.3, 0.4) is 0 Å². The van der Waals surface area contributed by atoms with Gasteiger partial charge in [0.25, 0.3) is 10.0 Å². The SMILES string of the molecule is Cc1cc(S(=O)(=O)N(C)CCCc2ccccc2)sc1Br. The Bertz CT molecular complexity index is 676. The highest BCUT2D eigenvalue weighted by molar-refractivity contribution is 9.11. The minimum absolute atomic E-state index is 0.397. The highest BCUT2D eigenvalue weighted by Gasteiger charge is 2.23. The predicted octanol–water partition coefficient (Wildman–Crippen LogP) is 4.07. The third-order valence-electron chi connectivity index (χ3n) is 3.28. The number of halogens is 1. The largest absolute Gasteiger partial charge is 0.252 e. The summed E-state index contributed by atoms with van der Waals surface area (Å²) in [4.78, 5) is 0. The molecule has 0 saturated carbocycles. The predicted molar refractivity (Wildman–Crippen MR) is 91.3 cm³/mol. The van der Waals surface area contributed by atoms with Crippen molar-refractivity contribution in [2.24, 2.45) is 0 Å². The van der Waals surface area contributed by atoms with E-state index in [4.69, 9.17) is 0 Å². The number of thiophene rings is 1. The molecule has 2 aromatic rings. The van der Waals surface area contributed by atoms with Crippen molar-refractivity contribution >= 4 is 37.3 Å². The van der Waals surface area contributed by atoms with E-state index in [1.54, 1.807) is 13.1 Å². The van der Waals surface area contributed by atoms with Gasteiger partial charge in [0.2, 0.25) is 0 Å². The molecule has 6 heteroatoms. The van der Waals surface area contributed by atoms with Crippen molar-refractivity contribution in [2.45, 2.75) is 24.0 Å². The lowest BCUT2D eigenvalue weighted by Crippen LogP contribution is -2.27. The Morgan fingerprint density at radius 2 is 1.90 bits per heavy atom. The van der Waals surface area contributed by atoms with Gasteiger partial charge in [-0.1, -0.05) is 30.3 Å². The van der Waals surface area contributed by atoms with Crippen LogP contribution in [0.5, 0.6) is 0 Å². The summed E-state index contributed by atoms with van der Waals surface area (Å²) in [7, 11) is -1.73. The maximum Gasteiger partial charge on any atom is 0.252 e. The van der Waals surface area contributed by atoms with Crippen molar-refractivity contribution in [3.8, 4) is 0 Å². The van der Waals surface area contributed by atoms with Crippen LogP contribution in [-0.4, -0.2) is 26.3 Å². The van der Waals surface area contributed by atoms with E-state index >= 15 is 0 Å². The lowest BCUT2D eigenvalue weighted by molar-refractivity contribution is 0.463. The number of nitrogens with zero attached hydrogens (tertiary/aromatic N) is 1. The first-order chi connectivity index (χ1) is 9.91. The maximum atomic E-state index is 12.5. The van der Waals surface area contributed by atoms with E-state index in [1.165, 1.54) is 21.2 Å². The summed E-state index contributed by atoms with van der Waals surface area (Å²) in [6.45, 7) is 2.42. The third kappa shape index (κ3) is 4.16. The van der Waals surface area contributed by atoms with Gasteiger partial charge in [0.15, 0.2) is 0 Å². The molecule has 0 aliphatic rings. The summed E-state index contributed by atoms with van der Waals surface area (Å²) in [6, 6.07) is 11.8. The molecule has 0 atom stereocenters. The fraction of sp³-hybridized carbons (Fsp3) is 0.333. The fourth-order valence-electron chi connectivity index (χ4n) is 1.98. The van der Waals surface area contributed by atoms with Crippen LogP contribution >= 0.6 is 27.3 Å². The number of rotatable bonds is 6. The lowest BCUT2D eigenvalue weighted by Gasteiger charge is -2.15. The summed E-state index contributed by atoms with van der Waals surface area (Å²) in [5, 5.41) is 0. The molecule has 0 aliphatic carbocycles. The Labute approximate surface area is 138 Å². The Hall–Kier alpha value is -0.690. The first-order valence-corrected chi connectivity index (χ1v) is 9.72. The van der Waals surface area contributed by atoms with E-state index < -0.39 is 10.0 Å². The molecule has 21 heavy (non-hydrogen) atoms. The van der Waals surface area contributed by atoms with Gasteiger partial charge >= 0.3 is 0 Å². The minimum atomic E-state index is -3.37. The summed E-state index contributed by atoms with van der Waals surface area (Å²) >= 11 is 4.64. The van der Waals surface area contributed by atoms with Crippen LogP contribution in [-0.2, 0) is 16.4 Å². The van der Waals surface area contributed by atoms with E-state index in [9.17, 15) is 8.42 Å². The zero-order valence-electron chi connectivity index (χ0n) is 12.0. The van der Waals surface area contributed by atoms with E-state index in [0.717, 1.165) is 22.2 Å². The molecular weight excluding hydrogens is 370 g/mol. The minimum Gasteiger partial charge on any atom is -0.206 e. The number of hydrogen-bond donors (Lipinski definition) is 0. The molecule has 0 spiro atoms. The average molecular weight is 388 g/mol. The molecule has 0 amide bonds. The van der Waals surface area contributed by atoms with Gasteiger partial charge in [0.1, 0.15) is 4.21 Å². The Morgan fingerprint density at radius 3 is 2.48 bits per heavy atom. The topological polar surface area (TPSA) is 37.4 Å². The molecule has 1 aromatic heterocycles. The molecule has 0 fully saturated rings. The molecule has 3 nitrogen and oxygen atoms in total. The van der Waals surface area contributed by atoms with Crippen LogP contribution in [0.4, 0.5) is 0 Å². The molecule has 0 aliphatic heterocycles. The van der Waals surface area contributed by atoms with Crippen LogP contribution in [0.2, 0.25) is 0 Å². The highest BCUT2D eigenvalue weighted by Crippen LogP contribution is 2.31. The van der Waals surface area contributed by atoms with Crippen molar-refractivity contribution in [3.63, 3.8) is 0 Å². The van der Waals surface area contributed by atoms with Crippen LogP contribution in [0, 0.1) is 6.92 Å². The summed E-state index contributed by atoms with van der Waals surface area (Å²) in [6.07, 6.45) is 1.69. The molecule has 1 aromatic carbocycles. The molecular formula is C15H18BrNO2S2. The van der Waals surface area contributed by atoms with Crippen molar-refractivity contribution in [3.05, 3.63) is 51.3 Å². The maximum absolute atomic E-state index is 12.5. The number of aryl methyl sites for hydroxylation is 2. The van der Waals surface area contributed by atoms with E-state index in [1.807, 2.05) is 25.1 Å². The molecule has 0 saturated heterocycles. The van der Waals surface area contributed by atoms with Crippen molar-refractivity contribution < 1.29 is 8.42 Å². The van der Waals surface area contributed by atoms with Crippen molar-refractivity contribution in [1.29, 1.82) is 0 Å². The second-order valence-corrected chi connectivity index (χ2v) is 9.58. The van der Waals surface area contributed by atoms with Gasteiger partial charge < -0.3 is 0 Å². The second kappa shape index (κ2) is 7.05. The van der Waals surface area contributed by atoms with Gasteiger partial charge in [-0.3, -0.25) is 0 Å². The number of sulfonamides is 1. The molecule has 0 unspecified atom stereocenters. The Morgan fingerprint density at radius 1 is 1.24 bits per heavy atom. The lowest BCUT2D eigenvalue weighted by atomic mass is 10.1. The van der Waals surface area contributed by atoms with Crippen LogP contribution in [0.25, 0.3) is 0 Å². The molecule has 2 rings (SSSR count).